The molecule has 1 aliphatic heterocycles. The van der Waals surface area contributed by atoms with Crippen molar-refractivity contribution in [3.05, 3.63) is 23.8 Å². The van der Waals surface area contributed by atoms with E-state index in [1.54, 1.807) is 0 Å². The predicted molar refractivity (Wildman–Crippen MR) is 81.3 cm³/mol. The highest BCUT2D eigenvalue weighted by atomic mass is 16.1. The molecule has 3 atom stereocenters. The molecule has 0 aromatic heterocycles. The van der Waals surface area contributed by atoms with Crippen molar-refractivity contribution in [2.24, 2.45) is 28.9 Å². The van der Waals surface area contributed by atoms with Crippen LogP contribution in [0.1, 0.15) is 32.6 Å². The smallest absolute Gasteiger partial charge is 0.225 e. The Bertz CT molecular complexity index is 513. The molecule has 4 heteroatoms. The molecule has 3 rings (SSSR count). The van der Waals surface area contributed by atoms with Crippen molar-refractivity contribution in [3.63, 3.8) is 0 Å². The molecule has 21 heavy (non-hydrogen) atoms. The van der Waals surface area contributed by atoms with Gasteiger partial charge < -0.3 is 11.1 Å². The van der Waals surface area contributed by atoms with Crippen molar-refractivity contribution in [2.75, 3.05) is 13.1 Å². The summed E-state index contributed by atoms with van der Waals surface area (Å²) in [4.78, 5) is 25.0. The number of ketones is 1. The van der Waals surface area contributed by atoms with Crippen LogP contribution in [0, 0.1) is 23.2 Å². The standard InChI is InChI=1S/C17H24N2O2/c1-17(15(20)11-4-2-5-11)13(12-8-9-19-10-12)6-3-7-14(17)16(18)21/h3,6-7,11-12,14,19H,2,4-5,8-10H2,1H3,(H2,18,21). The highest BCUT2D eigenvalue weighted by molar-refractivity contribution is 5.97. The summed E-state index contributed by atoms with van der Waals surface area (Å²) in [7, 11) is 0. The van der Waals surface area contributed by atoms with Crippen LogP contribution in [0.2, 0.25) is 0 Å². The van der Waals surface area contributed by atoms with E-state index in [1.807, 2.05) is 25.2 Å². The third kappa shape index (κ3) is 2.26. The number of Topliss-reactive ketones (excluding diaryl/α,β-unsaturated/α-hetero) is 1. The van der Waals surface area contributed by atoms with Gasteiger partial charge in [0.05, 0.1) is 11.3 Å². The summed E-state index contributed by atoms with van der Waals surface area (Å²) in [5, 5.41) is 3.36. The first-order chi connectivity index (χ1) is 10.0. The number of allylic oxidation sites excluding steroid dienone is 2. The number of nitrogens with one attached hydrogen (secondary N) is 1. The SMILES string of the molecule is CC1(C(=O)C2CCC2)C(C2CCNC2)=CC=CC1C(N)=O. The number of rotatable bonds is 4. The third-order valence-electron chi connectivity index (χ3n) is 5.60. The van der Waals surface area contributed by atoms with Crippen LogP contribution in [0.15, 0.2) is 23.8 Å². The van der Waals surface area contributed by atoms with Crippen LogP contribution in [0.5, 0.6) is 0 Å². The Morgan fingerprint density at radius 3 is 2.62 bits per heavy atom. The Morgan fingerprint density at radius 2 is 2.10 bits per heavy atom. The molecule has 1 heterocycles. The third-order valence-corrected chi connectivity index (χ3v) is 5.60. The first-order valence-electron chi connectivity index (χ1n) is 7.98. The van der Waals surface area contributed by atoms with Gasteiger partial charge in [-0.2, -0.15) is 0 Å². The minimum absolute atomic E-state index is 0.112. The van der Waals surface area contributed by atoms with E-state index >= 15 is 0 Å². The quantitative estimate of drug-likeness (QED) is 0.825. The number of carbonyl (C=O) groups excluding carboxylic acids is 2. The largest absolute Gasteiger partial charge is 0.369 e. The van der Waals surface area contributed by atoms with E-state index in [0.717, 1.165) is 44.3 Å². The Kier molecular flexibility index (Phi) is 3.74. The number of hydrogen-bond donors (Lipinski definition) is 2. The van der Waals surface area contributed by atoms with E-state index in [2.05, 4.69) is 5.32 Å². The Morgan fingerprint density at radius 1 is 1.33 bits per heavy atom. The maximum Gasteiger partial charge on any atom is 0.225 e. The topological polar surface area (TPSA) is 72.2 Å². The normalized spacial score (nSPS) is 36.1. The van der Waals surface area contributed by atoms with Crippen LogP contribution in [0.4, 0.5) is 0 Å². The van der Waals surface area contributed by atoms with Gasteiger partial charge >= 0.3 is 0 Å². The first kappa shape index (κ1) is 14.5. The monoisotopic (exact) mass is 288 g/mol. The summed E-state index contributed by atoms with van der Waals surface area (Å²) in [6, 6.07) is 0. The van der Waals surface area contributed by atoms with Crippen LogP contribution in [-0.2, 0) is 9.59 Å². The summed E-state index contributed by atoms with van der Waals surface area (Å²) < 4.78 is 0. The number of primary amides is 1. The van der Waals surface area contributed by atoms with Gasteiger partial charge in [0.2, 0.25) is 5.91 Å². The molecule has 1 amide bonds. The Hall–Kier alpha value is -1.42. The Labute approximate surface area is 125 Å². The molecule has 0 aromatic rings. The van der Waals surface area contributed by atoms with Crippen molar-refractivity contribution in [2.45, 2.75) is 32.6 Å². The number of carbonyl (C=O) groups is 2. The van der Waals surface area contributed by atoms with Crippen LogP contribution in [0.3, 0.4) is 0 Å². The molecule has 1 saturated heterocycles. The van der Waals surface area contributed by atoms with Crippen LogP contribution in [0.25, 0.3) is 0 Å². The van der Waals surface area contributed by atoms with Crippen molar-refractivity contribution in [1.82, 2.24) is 5.32 Å². The van der Waals surface area contributed by atoms with Crippen molar-refractivity contribution in [1.29, 1.82) is 0 Å². The lowest BCUT2D eigenvalue weighted by atomic mass is 9.58. The molecule has 0 spiro atoms. The highest BCUT2D eigenvalue weighted by Crippen LogP contribution is 2.48. The molecule has 3 unspecified atom stereocenters. The fourth-order valence-electron chi connectivity index (χ4n) is 4.07. The van der Waals surface area contributed by atoms with Gasteiger partial charge in [-0.15, -0.1) is 0 Å². The molecule has 0 bridgehead atoms. The van der Waals surface area contributed by atoms with E-state index in [4.69, 9.17) is 5.73 Å². The highest BCUT2D eigenvalue weighted by Gasteiger charge is 2.51. The van der Waals surface area contributed by atoms with Crippen LogP contribution < -0.4 is 11.1 Å². The minimum Gasteiger partial charge on any atom is -0.369 e. The van der Waals surface area contributed by atoms with E-state index < -0.39 is 17.2 Å². The lowest BCUT2D eigenvalue weighted by Crippen LogP contribution is -2.49. The molecule has 114 valence electrons. The summed E-state index contributed by atoms with van der Waals surface area (Å²) in [6.45, 7) is 3.80. The van der Waals surface area contributed by atoms with Gasteiger partial charge in [0.15, 0.2) is 0 Å². The van der Waals surface area contributed by atoms with Gasteiger partial charge in [-0.25, -0.2) is 0 Å². The molecule has 3 N–H and O–H groups in total. The average Bonchev–Trinajstić information content (AvgIpc) is 2.90. The first-order valence-corrected chi connectivity index (χ1v) is 7.98. The molecule has 2 fully saturated rings. The van der Waals surface area contributed by atoms with Gasteiger partial charge in [0.1, 0.15) is 5.78 Å². The van der Waals surface area contributed by atoms with E-state index in [1.165, 1.54) is 0 Å². The average molecular weight is 288 g/mol. The van der Waals surface area contributed by atoms with Gasteiger partial charge in [0, 0.05) is 12.5 Å². The zero-order chi connectivity index (χ0) is 15.0. The number of nitrogens with two attached hydrogens (primary N) is 1. The second kappa shape index (κ2) is 5.41. The fourth-order valence-corrected chi connectivity index (χ4v) is 4.07. The zero-order valence-electron chi connectivity index (χ0n) is 12.6. The van der Waals surface area contributed by atoms with Crippen molar-refractivity contribution >= 4 is 11.7 Å². The Balaban J connectivity index is 1.98. The van der Waals surface area contributed by atoms with Crippen LogP contribution >= 0.6 is 0 Å². The predicted octanol–water partition coefficient (Wildman–Crippen LogP) is 1.57. The second-order valence-electron chi connectivity index (χ2n) is 6.77. The number of amides is 1. The van der Waals surface area contributed by atoms with Crippen LogP contribution in [-0.4, -0.2) is 24.8 Å². The molecule has 0 radical (unpaired) electrons. The van der Waals surface area contributed by atoms with E-state index in [0.29, 0.717) is 5.92 Å². The summed E-state index contributed by atoms with van der Waals surface area (Å²) in [5.74, 6) is -0.226. The van der Waals surface area contributed by atoms with Gasteiger partial charge in [-0.3, -0.25) is 9.59 Å². The molecule has 4 nitrogen and oxygen atoms in total. The van der Waals surface area contributed by atoms with E-state index in [9.17, 15) is 9.59 Å². The zero-order valence-corrected chi connectivity index (χ0v) is 12.6. The molecule has 2 aliphatic carbocycles. The molecular weight excluding hydrogens is 264 g/mol. The second-order valence-corrected chi connectivity index (χ2v) is 6.77. The summed E-state index contributed by atoms with van der Waals surface area (Å²) in [5.41, 5.74) is 5.98. The molecule has 1 saturated carbocycles. The maximum absolute atomic E-state index is 13.1. The van der Waals surface area contributed by atoms with Crippen molar-refractivity contribution < 1.29 is 9.59 Å². The summed E-state index contributed by atoms with van der Waals surface area (Å²) in [6.07, 6.45) is 9.82. The maximum atomic E-state index is 13.1. The lowest BCUT2D eigenvalue weighted by Gasteiger charge is -2.43. The molecular formula is C17H24N2O2. The number of hydrogen-bond acceptors (Lipinski definition) is 3. The molecule has 0 aromatic carbocycles. The molecule has 3 aliphatic rings. The van der Waals surface area contributed by atoms with Gasteiger partial charge in [-0.1, -0.05) is 30.2 Å². The minimum atomic E-state index is -0.748. The van der Waals surface area contributed by atoms with E-state index in [-0.39, 0.29) is 11.7 Å². The van der Waals surface area contributed by atoms with Gasteiger partial charge in [0.25, 0.3) is 0 Å². The van der Waals surface area contributed by atoms with Gasteiger partial charge in [-0.05, 0) is 38.6 Å². The van der Waals surface area contributed by atoms with Crippen molar-refractivity contribution in [3.8, 4) is 0 Å². The lowest BCUT2D eigenvalue weighted by molar-refractivity contribution is -0.139. The fraction of sp³-hybridized carbons (Fsp3) is 0.647. The summed E-state index contributed by atoms with van der Waals surface area (Å²) >= 11 is 0.